The lowest BCUT2D eigenvalue weighted by Crippen LogP contribution is -2.31. The van der Waals surface area contributed by atoms with Crippen LogP contribution in [0.5, 0.6) is 0 Å². The molecule has 88 valence electrons. The predicted octanol–water partition coefficient (Wildman–Crippen LogP) is 2.05. The van der Waals surface area contributed by atoms with Gasteiger partial charge < -0.3 is 10.1 Å². The highest BCUT2D eigenvalue weighted by Gasteiger charge is 2.30. The second-order valence-electron chi connectivity index (χ2n) is 4.48. The van der Waals surface area contributed by atoms with Crippen molar-refractivity contribution in [1.29, 1.82) is 0 Å². The fourth-order valence-corrected chi connectivity index (χ4v) is 2.57. The zero-order chi connectivity index (χ0) is 11.8. The van der Waals surface area contributed by atoms with Crippen LogP contribution in [0, 0.1) is 0 Å². The molecule has 1 fully saturated rings. The summed E-state index contributed by atoms with van der Waals surface area (Å²) in [7, 11) is 0. The lowest BCUT2D eigenvalue weighted by atomic mass is 10.0. The fraction of sp³-hybridized carbons (Fsp3) is 0.308. The lowest BCUT2D eigenvalue weighted by Gasteiger charge is -2.10. The van der Waals surface area contributed by atoms with Gasteiger partial charge in [-0.25, -0.2) is 0 Å². The summed E-state index contributed by atoms with van der Waals surface area (Å²) in [6.45, 7) is 0. The van der Waals surface area contributed by atoms with Crippen LogP contribution in [0.3, 0.4) is 0 Å². The summed E-state index contributed by atoms with van der Waals surface area (Å²) < 4.78 is 0. The smallest absolute Gasteiger partial charge is 0.320 e. The number of aromatic amines is 1. The van der Waals surface area contributed by atoms with Crippen LogP contribution >= 0.6 is 0 Å². The van der Waals surface area contributed by atoms with Gasteiger partial charge in [0, 0.05) is 23.1 Å². The molecule has 0 bridgehead atoms. The van der Waals surface area contributed by atoms with Gasteiger partial charge in [-0.2, -0.15) is 0 Å². The molecule has 2 unspecified atom stereocenters. The Labute approximate surface area is 98.6 Å². The number of rotatable bonds is 2. The maximum absolute atomic E-state index is 10.9. The van der Waals surface area contributed by atoms with Crippen molar-refractivity contribution in [3.8, 4) is 0 Å². The van der Waals surface area contributed by atoms with E-state index in [4.69, 9.17) is 5.11 Å². The second-order valence-corrected chi connectivity index (χ2v) is 4.48. The number of aliphatic carboxylic acids is 1. The average molecular weight is 230 g/mol. The van der Waals surface area contributed by atoms with E-state index in [2.05, 4.69) is 16.4 Å². The summed E-state index contributed by atoms with van der Waals surface area (Å²) in [4.78, 5) is 14.1. The van der Waals surface area contributed by atoms with E-state index in [9.17, 15) is 4.79 Å². The summed E-state index contributed by atoms with van der Waals surface area (Å²) in [5.41, 5.74) is 2.27. The van der Waals surface area contributed by atoms with Gasteiger partial charge in [0.2, 0.25) is 0 Å². The molecule has 1 aliphatic rings. The number of nitrogens with one attached hydrogen (secondary N) is 2. The highest BCUT2D eigenvalue weighted by Crippen LogP contribution is 2.31. The largest absolute Gasteiger partial charge is 0.480 e. The predicted molar refractivity (Wildman–Crippen MR) is 64.8 cm³/mol. The first-order chi connectivity index (χ1) is 8.25. The van der Waals surface area contributed by atoms with E-state index >= 15 is 0 Å². The number of fused-ring (bicyclic) bond motifs is 1. The SMILES string of the molecule is O=C(O)C1CCC(c2c[nH]c3ccccc23)N1. The van der Waals surface area contributed by atoms with Crippen molar-refractivity contribution in [2.45, 2.75) is 24.9 Å². The van der Waals surface area contributed by atoms with Crippen molar-refractivity contribution in [2.75, 3.05) is 0 Å². The zero-order valence-corrected chi connectivity index (χ0v) is 9.31. The van der Waals surface area contributed by atoms with Crippen molar-refractivity contribution in [3.05, 3.63) is 36.0 Å². The number of benzene rings is 1. The van der Waals surface area contributed by atoms with Crippen LogP contribution in [-0.2, 0) is 4.79 Å². The molecule has 1 aromatic heterocycles. The Morgan fingerprint density at radius 3 is 2.88 bits per heavy atom. The van der Waals surface area contributed by atoms with E-state index in [1.54, 1.807) is 0 Å². The Hall–Kier alpha value is -1.81. The molecular weight excluding hydrogens is 216 g/mol. The van der Waals surface area contributed by atoms with Crippen molar-refractivity contribution in [2.24, 2.45) is 0 Å². The van der Waals surface area contributed by atoms with Crippen LogP contribution in [0.25, 0.3) is 10.9 Å². The summed E-state index contributed by atoms with van der Waals surface area (Å²) in [5.74, 6) is -0.757. The van der Waals surface area contributed by atoms with Gasteiger partial charge in [-0.1, -0.05) is 18.2 Å². The maximum atomic E-state index is 10.9. The minimum atomic E-state index is -0.757. The van der Waals surface area contributed by atoms with E-state index in [1.807, 2.05) is 24.4 Å². The molecule has 1 aromatic carbocycles. The van der Waals surface area contributed by atoms with Gasteiger partial charge >= 0.3 is 5.97 Å². The lowest BCUT2D eigenvalue weighted by molar-refractivity contribution is -0.139. The summed E-state index contributed by atoms with van der Waals surface area (Å²) in [6.07, 6.45) is 3.55. The molecule has 3 N–H and O–H groups in total. The number of hydrogen-bond acceptors (Lipinski definition) is 2. The maximum Gasteiger partial charge on any atom is 0.320 e. The van der Waals surface area contributed by atoms with Crippen LogP contribution < -0.4 is 5.32 Å². The van der Waals surface area contributed by atoms with Crippen LogP contribution in [-0.4, -0.2) is 22.1 Å². The number of hydrogen-bond donors (Lipinski definition) is 3. The molecule has 0 aliphatic carbocycles. The third-order valence-corrected chi connectivity index (χ3v) is 3.44. The summed E-state index contributed by atoms with van der Waals surface area (Å²) in [5, 5.41) is 13.3. The third-order valence-electron chi connectivity index (χ3n) is 3.44. The number of para-hydroxylation sites is 1. The van der Waals surface area contributed by atoms with E-state index in [-0.39, 0.29) is 6.04 Å². The van der Waals surface area contributed by atoms with Crippen molar-refractivity contribution >= 4 is 16.9 Å². The van der Waals surface area contributed by atoms with Crippen LogP contribution in [0.4, 0.5) is 0 Å². The molecule has 3 rings (SSSR count). The van der Waals surface area contributed by atoms with E-state index < -0.39 is 12.0 Å². The minimum Gasteiger partial charge on any atom is -0.480 e. The van der Waals surface area contributed by atoms with Crippen LogP contribution in [0.15, 0.2) is 30.5 Å². The molecule has 0 spiro atoms. The minimum absolute atomic E-state index is 0.146. The van der Waals surface area contributed by atoms with Crippen LogP contribution in [0.1, 0.15) is 24.4 Å². The molecule has 1 saturated heterocycles. The number of carbonyl (C=O) groups is 1. The standard InChI is InChI=1S/C13H14N2O2/c16-13(17)12-6-5-11(15-12)9-7-14-10-4-2-1-3-8(9)10/h1-4,7,11-12,14-15H,5-6H2,(H,16,17). The van der Waals surface area contributed by atoms with Crippen LogP contribution in [0.2, 0.25) is 0 Å². The molecule has 0 saturated carbocycles. The Morgan fingerprint density at radius 1 is 1.29 bits per heavy atom. The molecular formula is C13H14N2O2. The topological polar surface area (TPSA) is 65.1 Å². The highest BCUT2D eigenvalue weighted by atomic mass is 16.4. The van der Waals surface area contributed by atoms with E-state index in [0.717, 1.165) is 11.9 Å². The quantitative estimate of drug-likeness (QED) is 0.739. The average Bonchev–Trinajstić information content (AvgIpc) is 2.95. The van der Waals surface area contributed by atoms with Crippen molar-refractivity contribution in [1.82, 2.24) is 10.3 Å². The number of H-pyrrole nitrogens is 1. The van der Waals surface area contributed by atoms with Crippen molar-refractivity contribution < 1.29 is 9.90 Å². The van der Waals surface area contributed by atoms with Gasteiger partial charge in [0.15, 0.2) is 0 Å². The number of aromatic nitrogens is 1. The first-order valence-electron chi connectivity index (χ1n) is 5.80. The van der Waals surface area contributed by atoms with Gasteiger partial charge in [-0.15, -0.1) is 0 Å². The number of carboxylic acids is 1. The third kappa shape index (κ3) is 1.70. The molecule has 17 heavy (non-hydrogen) atoms. The first kappa shape index (κ1) is 10.4. The monoisotopic (exact) mass is 230 g/mol. The molecule has 0 radical (unpaired) electrons. The van der Waals surface area contributed by atoms with E-state index in [0.29, 0.717) is 6.42 Å². The van der Waals surface area contributed by atoms with Gasteiger partial charge in [0.25, 0.3) is 0 Å². The summed E-state index contributed by atoms with van der Waals surface area (Å²) in [6, 6.07) is 7.83. The Kier molecular flexibility index (Phi) is 2.37. The molecule has 4 heteroatoms. The molecule has 2 atom stereocenters. The fourth-order valence-electron chi connectivity index (χ4n) is 2.57. The number of carboxylic acid groups (broad SMARTS) is 1. The van der Waals surface area contributed by atoms with E-state index in [1.165, 1.54) is 10.9 Å². The highest BCUT2D eigenvalue weighted by molar-refractivity contribution is 5.84. The molecule has 1 aliphatic heterocycles. The van der Waals surface area contributed by atoms with Gasteiger partial charge in [-0.05, 0) is 24.5 Å². The Morgan fingerprint density at radius 2 is 2.12 bits per heavy atom. The first-order valence-corrected chi connectivity index (χ1v) is 5.80. The molecule has 2 aromatic rings. The molecule has 2 heterocycles. The molecule has 0 amide bonds. The second kappa shape index (κ2) is 3.89. The molecule has 4 nitrogen and oxygen atoms in total. The van der Waals surface area contributed by atoms with Gasteiger partial charge in [0.05, 0.1) is 0 Å². The zero-order valence-electron chi connectivity index (χ0n) is 9.31. The summed E-state index contributed by atoms with van der Waals surface area (Å²) >= 11 is 0. The van der Waals surface area contributed by atoms with Crippen molar-refractivity contribution in [3.63, 3.8) is 0 Å². The van der Waals surface area contributed by atoms with Gasteiger partial charge in [-0.3, -0.25) is 10.1 Å². The Bertz CT molecular complexity index is 561. The normalized spacial score (nSPS) is 24.2. The van der Waals surface area contributed by atoms with Gasteiger partial charge in [0.1, 0.15) is 6.04 Å². The Balaban J connectivity index is 1.93.